The third-order valence-corrected chi connectivity index (χ3v) is 4.90. The second-order valence-corrected chi connectivity index (χ2v) is 7.39. The van der Waals surface area contributed by atoms with Gasteiger partial charge in [-0.05, 0) is 42.3 Å². The minimum absolute atomic E-state index is 0.149. The van der Waals surface area contributed by atoms with Crippen LogP contribution in [0.5, 0.6) is 0 Å². The van der Waals surface area contributed by atoms with Gasteiger partial charge in [0.2, 0.25) is 10.0 Å². The molecule has 0 bridgehead atoms. The zero-order valence-electron chi connectivity index (χ0n) is 11.5. The summed E-state index contributed by atoms with van der Waals surface area (Å²) < 4.78 is 28.0. The number of aliphatic hydroxyl groups excluding tert-OH is 1. The van der Waals surface area contributed by atoms with Gasteiger partial charge in [-0.25, -0.2) is 13.1 Å². The molecule has 1 unspecified atom stereocenters. The lowest BCUT2D eigenvalue weighted by molar-refractivity contribution is 0.199. The first-order chi connectivity index (χ1) is 9.88. The van der Waals surface area contributed by atoms with E-state index in [9.17, 15) is 13.5 Å². The summed E-state index contributed by atoms with van der Waals surface area (Å²) in [5.41, 5.74) is 1.43. The van der Waals surface area contributed by atoms with Crippen LogP contribution in [-0.2, 0) is 16.6 Å². The van der Waals surface area contributed by atoms with Crippen LogP contribution in [0, 0.1) is 0 Å². The topological polar surface area (TPSA) is 66.4 Å². The van der Waals surface area contributed by atoms with Crippen LogP contribution in [0.2, 0.25) is 0 Å². The number of sulfonamides is 1. The fourth-order valence-electron chi connectivity index (χ4n) is 1.85. The molecule has 0 aromatic heterocycles. The number of nitrogens with one attached hydrogen (secondary N) is 1. The molecule has 0 saturated heterocycles. The van der Waals surface area contributed by atoms with Crippen molar-refractivity contribution in [2.75, 3.05) is 0 Å². The number of hydrogen-bond acceptors (Lipinski definition) is 3. The van der Waals surface area contributed by atoms with E-state index in [1.807, 2.05) is 24.3 Å². The Morgan fingerprint density at radius 1 is 1.19 bits per heavy atom. The van der Waals surface area contributed by atoms with Crippen LogP contribution in [0.25, 0.3) is 0 Å². The Hall–Kier alpha value is -1.21. The van der Waals surface area contributed by atoms with Crippen LogP contribution in [0.4, 0.5) is 0 Å². The fraction of sp³-hybridized carbons (Fsp3) is 0.200. The summed E-state index contributed by atoms with van der Waals surface area (Å²) in [5, 5.41) is 9.53. The molecule has 0 aliphatic heterocycles. The lowest BCUT2D eigenvalue weighted by Gasteiger charge is -2.10. The SMILES string of the molecule is CC(O)c1cccc(S(=O)(=O)NCc2cccc(Br)c2)c1. The maximum Gasteiger partial charge on any atom is 0.240 e. The summed E-state index contributed by atoms with van der Waals surface area (Å²) >= 11 is 3.35. The fourth-order valence-corrected chi connectivity index (χ4v) is 3.37. The number of aliphatic hydroxyl groups is 1. The molecule has 2 aromatic carbocycles. The van der Waals surface area contributed by atoms with Crippen molar-refractivity contribution < 1.29 is 13.5 Å². The number of benzene rings is 2. The van der Waals surface area contributed by atoms with Gasteiger partial charge in [-0.15, -0.1) is 0 Å². The van der Waals surface area contributed by atoms with Gasteiger partial charge in [0, 0.05) is 11.0 Å². The van der Waals surface area contributed by atoms with Crippen molar-refractivity contribution in [1.82, 2.24) is 4.72 Å². The van der Waals surface area contributed by atoms with E-state index in [-0.39, 0.29) is 11.4 Å². The van der Waals surface area contributed by atoms with Crippen molar-refractivity contribution >= 4 is 26.0 Å². The molecule has 0 heterocycles. The Balaban J connectivity index is 2.17. The lowest BCUT2D eigenvalue weighted by atomic mass is 10.1. The van der Waals surface area contributed by atoms with Crippen molar-refractivity contribution in [3.05, 3.63) is 64.1 Å². The van der Waals surface area contributed by atoms with E-state index in [2.05, 4.69) is 20.7 Å². The van der Waals surface area contributed by atoms with Crippen LogP contribution in [0.3, 0.4) is 0 Å². The molecule has 0 aliphatic rings. The van der Waals surface area contributed by atoms with Crippen molar-refractivity contribution in [3.8, 4) is 0 Å². The molecule has 0 spiro atoms. The minimum atomic E-state index is -3.60. The molecule has 2 rings (SSSR count). The van der Waals surface area contributed by atoms with Crippen LogP contribution >= 0.6 is 15.9 Å². The smallest absolute Gasteiger partial charge is 0.240 e. The standard InChI is InChI=1S/C15H16BrNO3S/c1-11(18)13-5-3-7-15(9-13)21(19,20)17-10-12-4-2-6-14(16)8-12/h2-9,11,17-18H,10H2,1H3. The summed E-state index contributed by atoms with van der Waals surface area (Å²) in [7, 11) is -3.60. The number of rotatable bonds is 5. The van der Waals surface area contributed by atoms with E-state index in [1.165, 1.54) is 12.1 Å². The van der Waals surface area contributed by atoms with Gasteiger partial charge in [0.1, 0.15) is 0 Å². The molecule has 2 N–H and O–H groups in total. The van der Waals surface area contributed by atoms with Gasteiger partial charge in [-0.2, -0.15) is 0 Å². The molecule has 0 aliphatic carbocycles. The molecule has 4 nitrogen and oxygen atoms in total. The molecule has 1 atom stereocenters. The van der Waals surface area contributed by atoms with Gasteiger partial charge in [0.05, 0.1) is 11.0 Å². The molecular weight excluding hydrogens is 354 g/mol. The highest BCUT2D eigenvalue weighted by Crippen LogP contribution is 2.18. The highest BCUT2D eigenvalue weighted by Gasteiger charge is 2.15. The van der Waals surface area contributed by atoms with Crippen LogP contribution < -0.4 is 4.72 Å². The number of hydrogen-bond donors (Lipinski definition) is 2. The molecule has 0 radical (unpaired) electrons. The van der Waals surface area contributed by atoms with Crippen molar-refractivity contribution in [1.29, 1.82) is 0 Å². The zero-order chi connectivity index (χ0) is 15.5. The van der Waals surface area contributed by atoms with Crippen LogP contribution in [0.15, 0.2) is 57.9 Å². The second-order valence-electron chi connectivity index (χ2n) is 4.70. The summed E-state index contributed by atoms with van der Waals surface area (Å²) in [6, 6.07) is 13.7. The highest BCUT2D eigenvalue weighted by molar-refractivity contribution is 9.10. The summed E-state index contributed by atoms with van der Waals surface area (Å²) in [6.45, 7) is 1.81. The first-order valence-electron chi connectivity index (χ1n) is 6.40. The monoisotopic (exact) mass is 369 g/mol. The Labute approximate surface area is 133 Å². The maximum atomic E-state index is 12.3. The first kappa shape index (κ1) is 16.2. The summed E-state index contributed by atoms with van der Waals surface area (Å²) in [5.74, 6) is 0. The van der Waals surface area contributed by atoms with E-state index in [4.69, 9.17) is 0 Å². The third kappa shape index (κ3) is 4.38. The summed E-state index contributed by atoms with van der Waals surface area (Å²) in [4.78, 5) is 0.149. The van der Waals surface area contributed by atoms with E-state index >= 15 is 0 Å². The van der Waals surface area contributed by atoms with Gasteiger partial charge in [0.15, 0.2) is 0 Å². The van der Waals surface area contributed by atoms with Crippen molar-refractivity contribution in [3.63, 3.8) is 0 Å². The quantitative estimate of drug-likeness (QED) is 0.851. The van der Waals surface area contributed by atoms with Crippen LogP contribution in [-0.4, -0.2) is 13.5 Å². The Morgan fingerprint density at radius 2 is 1.90 bits per heavy atom. The van der Waals surface area contributed by atoms with E-state index in [1.54, 1.807) is 19.1 Å². The highest BCUT2D eigenvalue weighted by atomic mass is 79.9. The van der Waals surface area contributed by atoms with Gasteiger partial charge in [-0.1, -0.05) is 40.2 Å². The molecule has 2 aromatic rings. The van der Waals surface area contributed by atoms with Crippen LogP contribution in [0.1, 0.15) is 24.2 Å². The average Bonchev–Trinajstić information content (AvgIpc) is 2.45. The van der Waals surface area contributed by atoms with Crippen molar-refractivity contribution in [2.24, 2.45) is 0 Å². The molecular formula is C15H16BrNO3S. The second kappa shape index (κ2) is 6.70. The largest absolute Gasteiger partial charge is 0.389 e. The average molecular weight is 370 g/mol. The predicted octanol–water partition coefficient (Wildman–Crippen LogP) is 2.98. The Bertz CT molecular complexity index is 729. The summed E-state index contributed by atoms with van der Waals surface area (Å²) in [6.07, 6.45) is -0.703. The predicted molar refractivity (Wildman–Crippen MR) is 85.2 cm³/mol. The van der Waals surface area contributed by atoms with Gasteiger partial charge in [-0.3, -0.25) is 0 Å². The van der Waals surface area contributed by atoms with E-state index in [0.29, 0.717) is 5.56 Å². The van der Waals surface area contributed by atoms with Gasteiger partial charge >= 0.3 is 0 Å². The van der Waals surface area contributed by atoms with Crippen molar-refractivity contribution in [2.45, 2.75) is 24.5 Å². The Morgan fingerprint density at radius 3 is 2.57 bits per heavy atom. The molecule has 21 heavy (non-hydrogen) atoms. The van der Waals surface area contributed by atoms with Gasteiger partial charge in [0.25, 0.3) is 0 Å². The number of halogens is 1. The minimum Gasteiger partial charge on any atom is -0.389 e. The molecule has 0 fully saturated rings. The first-order valence-corrected chi connectivity index (χ1v) is 8.68. The van der Waals surface area contributed by atoms with Gasteiger partial charge < -0.3 is 5.11 Å². The van der Waals surface area contributed by atoms with E-state index < -0.39 is 16.1 Å². The molecule has 0 amide bonds. The Kier molecular flexibility index (Phi) is 5.16. The molecule has 112 valence electrons. The normalized spacial score (nSPS) is 13.1. The maximum absolute atomic E-state index is 12.3. The lowest BCUT2D eigenvalue weighted by Crippen LogP contribution is -2.23. The zero-order valence-corrected chi connectivity index (χ0v) is 13.9. The molecule has 6 heteroatoms. The third-order valence-electron chi connectivity index (χ3n) is 3.01. The molecule has 0 saturated carbocycles. The van der Waals surface area contributed by atoms with E-state index in [0.717, 1.165) is 10.0 Å².